The molecule has 5 atom stereocenters. The lowest BCUT2D eigenvalue weighted by molar-refractivity contribution is -0.384. The van der Waals surface area contributed by atoms with Gasteiger partial charge in [0.15, 0.2) is 12.2 Å². The third kappa shape index (κ3) is 8.19. The highest BCUT2D eigenvalue weighted by atomic mass is 16.7. The number of nitro groups is 1. The van der Waals surface area contributed by atoms with Crippen molar-refractivity contribution < 1.29 is 52.6 Å². The molecule has 0 spiro atoms. The molecule has 1 aromatic carbocycles. The van der Waals surface area contributed by atoms with E-state index in [9.17, 15) is 34.1 Å². The Bertz CT molecular complexity index is 1030. The van der Waals surface area contributed by atoms with E-state index in [1.54, 1.807) is 0 Å². The second kappa shape index (κ2) is 12.4. The van der Waals surface area contributed by atoms with Crippen LogP contribution >= 0.6 is 0 Å². The summed E-state index contributed by atoms with van der Waals surface area (Å²) in [6.07, 6.45) is -5.67. The Morgan fingerprint density at radius 1 is 0.944 bits per heavy atom. The van der Waals surface area contributed by atoms with Crippen LogP contribution in [0.5, 0.6) is 0 Å². The molecule has 0 unspecified atom stereocenters. The number of nitro benzene ring substituents is 1. The average Bonchev–Trinajstić information content (AvgIpc) is 2.75. The second-order valence-corrected chi connectivity index (χ2v) is 7.53. The summed E-state index contributed by atoms with van der Waals surface area (Å²) in [5.74, 6) is -3.16. The Balaban J connectivity index is 2.39. The first kappa shape index (κ1) is 28.0. The molecule has 2 amide bonds. The van der Waals surface area contributed by atoms with Crippen LogP contribution in [0.3, 0.4) is 0 Å². The lowest BCUT2D eigenvalue weighted by Gasteiger charge is -2.44. The van der Waals surface area contributed by atoms with Gasteiger partial charge >= 0.3 is 29.9 Å². The number of hydrogen-bond acceptors (Lipinski definition) is 12. The van der Waals surface area contributed by atoms with Gasteiger partial charge in [-0.15, -0.1) is 0 Å². The molecule has 15 nitrogen and oxygen atoms in total. The van der Waals surface area contributed by atoms with Gasteiger partial charge < -0.3 is 34.3 Å². The molecule has 1 aliphatic heterocycles. The van der Waals surface area contributed by atoms with Crippen molar-refractivity contribution in [3.05, 3.63) is 34.4 Å². The molecule has 0 bridgehead atoms. The van der Waals surface area contributed by atoms with E-state index in [0.717, 1.165) is 33.8 Å². The van der Waals surface area contributed by atoms with Gasteiger partial charge in [0.2, 0.25) is 6.29 Å². The van der Waals surface area contributed by atoms with Crippen molar-refractivity contribution in [2.45, 2.75) is 58.3 Å². The molecule has 15 heteroatoms. The Hall–Kier alpha value is -4.27. The Kier molecular flexibility index (Phi) is 9.66. The molecule has 0 saturated carbocycles. The molecule has 1 heterocycles. The Labute approximate surface area is 204 Å². The third-order valence-corrected chi connectivity index (χ3v) is 4.60. The molecule has 196 valence electrons. The highest BCUT2D eigenvalue weighted by Gasteiger charge is 2.52. The number of non-ortho nitro benzene ring substituents is 1. The van der Waals surface area contributed by atoms with Crippen LogP contribution in [0.15, 0.2) is 24.3 Å². The molecule has 0 aliphatic carbocycles. The number of rotatable bonds is 8. The summed E-state index contributed by atoms with van der Waals surface area (Å²) >= 11 is 0. The SMILES string of the molecule is CC(=O)OC[C@@H]1O[C@@H](OC(C)=O)[C@@H](NC(=O)Nc2cccc([N+](=O)[O-])c2)[C@@H](OC(C)=O)[C@H]1OC(C)=O. The number of carbonyl (C=O) groups is 5. The standard InChI is InChI=1S/C21H25N3O12/c1-10(25)32-9-16-18(33-11(2)26)19(34-12(3)27)17(20(36-16)35-13(4)28)23-21(29)22-14-6-5-7-15(8-14)24(30)31/h5-8,16-20H,9H2,1-4H3,(H2,22,23,29)/t16-,17-,18-,19+,20+/m0/s1. The van der Waals surface area contributed by atoms with Crippen molar-refractivity contribution in [3.8, 4) is 0 Å². The fraction of sp³-hybridized carbons (Fsp3) is 0.476. The van der Waals surface area contributed by atoms with E-state index in [2.05, 4.69) is 10.6 Å². The minimum atomic E-state index is -1.57. The maximum Gasteiger partial charge on any atom is 0.319 e. The van der Waals surface area contributed by atoms with E-state index in [0.29, 0.717) is 0 Å². The van der Waals surface area contributed by atoms with Crippen LogP contribution in [0.4, 0.5) is 16.2 Å². The van der Waals surface area contributed by atoms with Crippen LogP contribution in [0.25, 0.3) is 0 Å². The van der Waals surface area contributed by atoms with Crippen molar-refractivity contribution in [2.75, 3.05) is 11.9 Å². The van der Waals surface area contributed by atoms with Gasteiger partial charge in [0.25, 0.3) is 5.69 Å². The van der Waals surface area contributed by atoms with Crippen LogP contribution in [0.1, 0.15) is 27.7 Å². The number of nitrogens with zero attached hydrogens (tertiary/aromatic N) is 1. The smallest absolute Gasteiger partial charge is 0.319 e. The molecule has 1 aromatic rings. The van der Waals surface area contributed by atoms with Crippen molar-refractivity contribution in [1.29, 1.82) is 0 Å². The number of amides is 2. The fourth-order valence-corrected chi connectivity index (χ4v) is 3.34. The summed E-state index contributed by atoms with van der Waals surface area (Å²) in [4.78, 5) is 69.8. The highest BCUT2D eigenvalue weighted by molar-refractivity contribution is 5.90. The maximum absolute atomic E-state index is 12.7. The third-order valence-electron chi connectivity index (χ3n) is 4.60. The summed E-state index contributed by atoms with van der Waals surface area (Å²) in [6, 6.07) is 2.68. The summed E-state index contributed by atoms with van der Waals surface area (Å²) in [5, 5.41) is 15.8. The number of hydrogen-bond donors (Lipinski definition) is 2. The fourth-order valence-electron chi connectivity index (χ4n) is 3.34. The number of ether oxygens (including phenoxy) is 5. The first-order valence-electron chi connectivity index (χ1n) is 10.5. The average molecular weight is 511 g/mol. The minimum absolute atomic E-state index is 0.0516. The van der Waals surface area contributed by atoms with Crippen molar-refractivity contribution >= 4 is 41.3 Å². The summed E-state index contributed by atoms with van der Waals surface area (Å²) in [5.41, 5.74) is -0.233. The monoisotopic (exact) mass is 511 g/mol. The van der Waals surface area contributed by atoms with Gasteiger partial charge in [-0.25, -0.2) is 4.79 Å². The van der Waals surface area contributed by atoms with E-state index in [1.807, 2.05) is 0 Å². The summed E-state index contributed by atoms with van der Waals surface area (Å²) in [7, 11) is 0. The molecule has 1 saturated heterocycles. The zero-order valence-electron chi connectivity index (χ0n) is 19.7. The molecule has 0 aromatic heterocycles. The molecule has 1 aliphatic rings. The Morgan fingerprint density at radius 3 is 2.11 bits per heavy atom. The van der Waals surface area contributed by atoms with E-state index in [-0.39, 0.29) is 11.4 Å². The predicted octanol–water partition coefficient (Wildman–Crippen LogP) is 0.799. The van der Waals surface area contributed by atoms with Gasteiger partial charge in [0.05, 0.1) is 4.92 Å². The molecule has 2 N–H and O–H groups in total. The van der Waals surface area contributed by atoms with E-state index >= 15 is 0 Å². The number of carbonyl (C=O) groups excluding carboxylic acids is 5. The highest BCUT2D eigenvalue weighted by Crippen LogP contribution is 2.28. The lowest BCUT2D eigenvalue weighted by atomic mass is 9.96. The Morgan fingerprint density at radius 2 is 1.56 bits per heavy atom. The first-order valence-corrected chi connectivity index (χ1v) is 10.5. The van der Waals surface area contributed by atoms with Crippen LogP contribution in [0.2, 0.25) is 0 Å². The van der Waals surface area contributed by atoms with Crippen LogP contribution in [-0.4, -0.2) is 72.1 Å². The lowest BCUT2D eigenvalue weighted by Crippen LogP contribution is -2.67. The number of anilines is 1. The molecule has 1 fully saturated rings. The van der Waals surface area contributed by atoms with E-state index in [1.165, 1.54) is 18.2 Å². The van der Waals surface area contributed by atoms with Gasteiger partial charge in [-0.2, -0.15) is 0 Å². The molecule has 2 rings (SSSR count). The van der Waals surface area contributed by atoms with Crippen molar-refractivity contribution in [1.82, 2.24) is 5.32 Å². The molecule has 0 radical (unpaired) electrons. The van der Waals surface area contributed by atoms with Crippen molar-refractivity contribution in [3.63, 3.8) is 0 Å². The summed E-state index contributed by atoms with van der Waals surface area (Å²) in [6.45, 7) is 3.85. The molecular formula is C21H25N3O12. The van der Waals surface area contributed by atoms with E-state index < -0.39 is 72.1 Å². The minimum Gasteiger partial charge on any atom is -0.463 e. The van der Waals surface area contributed by atoms with Gasteiger partial charge in [0.1, 0.15) is 18.8 Å². The number of benzene rings is 1. The number of nitrogens with one attached hydrogen (secondary N) is 2. The number of esters is 4. The topological polar surface area (TPSA) is 199 Å². The largest absolute Gasteiger partial charge is 0.463 e. The number of urea groups is 1. The quantitative estimate of drug-likeness (QED) is 0.216. The van der Waals surface area contributed by atoms with Gasteiger partial charge in [-0.3, -0.25) is 29.3 Å². The molecular weight excluding hydrogens is 486 g/mol. The second-order valence-electron chi connectivity index (χ2n) is 7.53. The first-order chi connectivity index (χ1) is 16.9. The maximum atomic E-state index is 12.7. The van der Waals surface area contributed by atoms with Crippen LogP contribution < -0.4 is 10.6 Å². The van der Waals surface area contributed by atoms with Crippen LogP contribution in [-0.2, 0) is 42.9 Å². The predicted molar refractivity (Wildman–Crippen MR) is 117 cm³/mol. The summed E-state index contributed by atoms with van der Waals surface area (Å²) < 4.78 is 26.3. The van der Waals surface area contributed by atoms with Crippen molar-refractivity contribution in [2.24, 2.45) is 0 Å². The van der Waals surface area contributed by atoms with Gasteiger partial charge in [-0.05, 0) is 6.07 Å². The zero-order chi connectivity index (χ0) is 27.0. The van der Waals surface area contributed by atoms with Gasteiger partial charge in [0, 0.05) is 45.5 Å². The van der Waals surface area contributed by atoms with E-state index in [4.69, 9.17) is 23.7 Å². The van der Waals surface area contributed by atoms with Gasteiger partial charge in [-0.1, -0.05) is 6.07 Å². The normalized spacial score (nSPS) is 22.9. The van der Waals surface area contributed by atoms with Crippen LogP contribution in [0, 0.1) is 10.1 Å². The zero-order valence-corrected chi connectivity index (χ0v) is 19.7. The molecule has 36 heavy (non-hydrogen) atoms.